The van der Waals surface area contributed by atoms with E-state index in [0.717, 1.165) is 12.0 Å². The number of pyridine rings is 1. The molecule has 1 aromatic heterocycles. The molecule has 0 radical (unpaired) electrons. The molecule has 1 amide bonds. The van der Waals surface area contributed by atoms with Gasteiger partial charge < -0.3 is 5.32 Å². The topological polar surface area (TPSA) is 88.2 Å². The molecular formula is C22H20FN3O3S. The highest BCUT2D eigenvalue weighted by Gasteiger charge is 2.43. The summed E-state index contributed by atoms with van der Waals surface area (Å²) in [6.45, 7) is -0.147. The van der Waals surface area contributed by atoms with E-state index in [2.05, 4.69) is 15.0 Å². The summed E-state index contributed by atoms with van der Waals surface area (Å²) in [5.74, 6) is -0.470. The van der Waals surface area contributed by atoms with Crippen molar-refractivity contribution in [1.82, 2.24) is 9.71 Å². The molecule has 8 heteroatoms. The SMILES string of the molecule is O=C(Nc1ccc(S(=O)(=O)NCc2ccccc2F)cc1)C1CC1c1ccncc1. The van der Waals surface area contributed by atoms with Crippen LogP contribution in [-0.4, -0.2) is 19.3 Å². The quantitative estimate of drug-likeness (QED) is 0.607. The molecule has 1 saturated carbocycles. The van der Waals surface area contributed by atoms with E-state index >= 15 is 0 Å². The van der Waals surface area contributed by atoms with Crippen molar-refractivity contribution in [3.05, 3.63) is 90.0 Å². The molecule has 0 aliphatic heterocycles. The minimum Gasteiger partial charge on any atom is -0.326 e. The number of benzene rings is 2. The van der Waals surface area contributed by atoms with Crippen molar-refractivity contribution in [3.63, 3.8) is 0 Å². The first-order chi connectivity index (χ1) is 14.4. The van der Waals surface area contributed by atoms with Gasteiger partial charge in [0.1, 0.15) is 5.82 Å². The number of carbonyl (C=O) groups is 1. The highest BCUT2D eigenvalue weighted by atomic mass is 32.2. The van der Waals surface area contributed by atoms with Gasteiger partial charge in [-0.25, -0.2) is 17.5 Å². The molecule has 2 atom stereocenters. The Hall–Kier alpha value is -3.10. The summed E-state index contributed by atoms with van der Waals surface area (Å²) in [5.41, 5.74) is 1.87. The van der Waals surface area contributed by atoms with Crippen LogP contribution in [0.1, 0.15) is 23.5 Å². The Balaban J connectivity index is 1.35. The first-order valence-corrected chi connectivity index (χ1v) is 11.0. The van der Waals surface area contributed by atoms with Gasteiger partial charge in [0.25, 0.3) is 0 Å². The van der Waals surface area contributed by atoms with Gasteiger partial charge in [-0.2, -0.15) is 0 Å². The van der Waals surface area contributed by atoms with Crippen molar-refractivity contribution < 1.29 is 17.6 Å². The second kappa shape index (κ2) is 8.33. The normalized spacial score (nSPS) is 18.0. The number of rotatable bonds is 7. The minimum absolute atomic E-state index is 0.0397. The first kappa shape index (κ1) is 20.2. The monoisotopic (exact) mass is 425 g/mol. The molecule has 1 aliphatic rings. The summed E-state index contributed by atoms with van der Waals surface area (Å²) in [4.78, 5) is 16.5. The maximum absolute atomic E-state index is 13.7. The second-order valence-electron chi connectivity index (χ2n) is 7.16. The molecule has 0 saturated heterocycles. The number of amides is 1. The van der Waals surface area contributed by atoms with E-state index in [1.165, 1.54) is 24.3 Å². The van der Waals surface area contributed by atoms with E-state index < -0.39 is 15.8 Å². The summed E-state index contributed by atoms with van der Waals surface area (Å²) in [6, 6.07) is 15.7. The van der Waals surface area contributed by atoms with Crippen LogP contribution in [0.5, 0.6) is 0 Å². The fourth-order valence-electron chi connectivity index (χ4n) is 3.31. The van der Waals surface area contributed by atoms with Gasteiger partial charge in [-0.3, -0.25) is 9.78 Å². The van der Waals surface area contributed by atoms with Crippen molar-refractivity contribution in [2.75, 3.05) is 5.32 Å². The third-order valence-electron chi connectivity index (χ3n) is 5.10. The molecule has 3 aromatic rings. The lowest BCUT2D eigenvalue weighted by molar-refractivity contribution is -0.117. The van der Waals surface area contributed by atoms with Crippen LogP contribution in [0.3, 0.4) is 0 Å². The van der Waals surface area contributed by atoms with E-state index in [-0.39, 0.29) is 34.7 Å². The molecule has 2 unspecified atom stereocenters. The van der Waals surface area contributed by atoms with Gasteiger partial charge in [0.2, 0.25) is 15.9 Å². The molecule has 1 fully saturated rings. The van der Waals surface area contributed by atoms with E-state index in [0.29, 0.717) is 5.69 Å². The van der Waals surface area contributed by atoms with Gasteiger partial charge >= 0.3 is 0 Å². The molecule has 154 valence electrons. The number of aromatic nitrogens is 1. The van der Waals surface area contributed by atoms with Crippen LogP contribution in [0.15, 0.2) is 78.0 Å². The number of halogens is 1. The predicted molar refractivity (Wildman–Crippen MR) is 111 cm³/mol. The molecule has 30 heavy (non-hydrogen) atoms. The van der Waals surface area contributed by atoms with Gasteiger partial charge in [-0.1, -0.05) is 18.2 Å². The maximum atomic E-state index is 13.7. The van der Waals surface area contributed by atoms with Crippen LogP contribution in [0.4, 0.5) is 10.1 Å². The lowest BCUT2D eigenvalue weighted by Crippen LogP contribution is -2.23. The molecule has 6 nitrogen and oxygen atoms in total. The summed E-state index contributed by atoms with van der Waals surface area (Å²) in [6.07, 6.45) is 4.20. The lowest BCUT2D eigenvalue weighted by Gasteiger charge is -2.09. The second-order valence-corrected chi connectivity index (χ2v) is 8.93. The highest BCUT2D eigenvalue weighted by molar-refractivity contribution is 7.89. The number of hydrogen-bond acceptors (Lipinski definition) is 4. The zero-order valence-electron chi connectivity index (χ0n) is 16.0. The van der Waals surface area contributed by atoms with Gasteiger partial charge in [0, 0.05) is 36.1 Å². The van der Waals surface area contributed by atoms with Crippen molar-refractivity contribution in [1.29, 1.82) is 0 Å². The number of hydrogen-bond donors (Lipinski definition) is 2. The molecule has 1 aliphatic carbocycles. The molecular weight excluding hydrogens is 405 g/mol. The summed E-state index contributed by atoms with van der Waals surface area (Å²) in [7, 11) is -3.80. The molecule has 2 N–H and O–H groups in total. The van der Waals surface area contributed by atoms with Crippen LogP contribution >= 0.6 is 0 Å². The van der Waals surface area contributed by atoms with Gasteiger partial charge in [0.05, 0.1) is 4.90 Å². The zero-order chi connectivity index (χ0) is 21.1. The average molecular weight is 425 g/mol. The molecule has 4 rings (SSSR count). The number of anilines is 1. The van der Waals surface area contributed by atoms with Crippen LogP contribution in [0.2, 0.25) is 0 Å². The highest BCUT2D eigenvalue weighted by Crippen LogP contribution is 2.47. The zero-order valence-corrected chi connectivity index (χ0v) is 16.8. The van der Waals surface area contributed by atoms with Crippen molar-refractivity contribution in [2.45, 2.75) is 23.8 Å². The fourth-order valence-corrected chi connectivity index (χ4v) is 4.32. The number of nitrogens with zero attached hydrogens (tertiary/aromatic N) is 1. The smallest absolute Gasteiger partial charge is 0.240 e. The summed E-state index contributed by atoms with van der Waals surface area (Å²) < 4.78 is 40.9. The van der Waals surface area contributed by atoms with Crippen molar-refractivity contribution in [2.24, 2.45) is 5.92 Å². The van der Waals surface area contributed by atoms with Crippen LogP contribution in [-0.2, 0) is 21.4 Å². The Labute approximate surface area is 174 Å². The number of nitrogens with one attached hydrogen (secondary N) is 2. The Morgan fingerprint density at radius 3 is 2.43 bits per heavy atom. The average Bonchev–Trinajstić information content (AvgIpc) is 3.55. The number of carbonyl (C=O) groups excluding carboxylic acids is 1. The first-order valence-electron chi connectivity index (χ1n) is 9.48. The molecule has 2 aromatic carbocycles. The molecule has 0 bridgehead atoms. The van der Waals surface area contributed by atoms with Crippen LogP contribution < -0.4 is 10.0 Å². The van der Waals surface area contributed by atoms with E-state index in [1.54, 1.807) is 36.7 Å². The summed E-state index contributed by atoms with van der Waals surface area (Å²) in [5, 5.41) is 2.83. The van der Waals surface area contributed by atoms with Gasteiger partial charge in [-0.05, 0) is 60.4 Å². The van der Waals surface area contributed by atoms with E-state index in [1.807, 2.05) is 12.1 Å². The fraction of sp³-hybridized carbons (Fsp3) is 0.182. The number of sulfonamides is 1. The Morgan fingerprint density at radius 2 is 1.73 bits per heavy atom. The maximum Gasteiger partial charge on any atom is 0.240 e. The van der Waals surface area contributed by atoms with E-state index in [9.17, 15) is 17.6 Å². The van der Waals surface area contributed by atoms with E-state index in [4.69, 9.17) is 0 Å². The van der Waals surface area contributed by atoms with Crippen molar-refractivity contribution in [3.8, 4) is 0 Å². The Bertz CT molecular complexity index is 1150. The molecule has 1 heterocycles. The lowest BCUT2D eigenvalue weighted by atomic mass is 10.1. The summed E-state index contributed by atoms with van der Waals surface area (Å²) >= 11 is 0. The van der Waals surface area contributed by atoms with Gasteiger partial charge in [-0.15, -0.1) is 0 Å². The third-order valence-corrected chi connectivity index (χ3v) is 6.52. The van der Waals surface area contributed by atoms with Gasteiger partial charge in [0.15, 0.2) is 0 Å². The van der Waals surface area contributed by atoms with Crippen LogP contribution in [0, 0.1) is 11.7 Å². The third kappa shape index (κ3) is 4.55. The largest absolute Gasteiger partial charge is 0.326 e. The van der Waals surface area contributed by atoms with Crippen molar-refractivity contribution >= 4 is 21.6 Å². The standard InChI is InChI=1S/C22H20FN3O3S/c23-21-4-2-1-3-16(21)14-25-30(28,29)18-7-5-17(6-8-18)26-22(27)20-13-19(20)15-9-11-24-12-10-15/h1-12,19-20,25H,13-14H2,(H,26,27). The minimum atomic E-state index is -3.80. The predicted octanol–water partition coefficient (Wildman–Crippen LogP) is 3.44. The molecule has 0 spiro atoms. The Morgan fingerprint density at radius 1 is 1.03 bits per heavy atom. The Kier molecular flexibility index (Phi) is 5.61. The van der Waals surface area contributed by atoms with Crippen LogP contribution in [0.25, 0.3) is 0 Å².